The number of carboxylic acids is 1. The van der Waals surface area contributed by atoms with Crippen molar-refractivity contribution in [1.29, 1.82) is 0 Å². The van der Waals surface area contributed by atoms with E-state index < -0.39 is 12.1 Å². The van der Waals surface area contributed by atoms with Gasteiger partial charge in [-0.1, -0.05) is 62.4 Å². The van der Waals surface area contributed by atoms with Gasteiger partial charge in [-0.05, 0) is 52.8 Å². The Labute approximate surface area is 206 Å². The van der Waals surface area contributed by atoms with Crippen molar-refractivity contribution in [2.45, 2.75) is 45.4 Å². The number of carbonyl (C=O) groups excluding carboxylic acids is 2. The van der Waals surface area contributed by atoms with E-state index in [9.17, 15) is 14.4 Å². The average molecular weight is 479 g/mol. The number of hydrogen-bond donors (Lipinski definition) is 3. The van der Waals surface area contributed by atoms with E-state index in [0.717, 1.165) is 12.8 Å². The number of benzene rings is 2. The Morgan fingerprint density at radius 1 is 0.971 bits per heavy atom. The lowest BCUT2D eigenvalue weighted by atomic mass is 9.84. The number of amides is 2. The number of aliphatic carboxylic acids is 1. The van der Waals surface area contributed by atoms with E-state index in [4.69, 9.17) is 9.84 Å². The molecule has 0 unspecified atom stereocenters. The van der Waals surface area contributed by atoms with E-state index in [1.54, 1.807) is 0 Å². The lowest BCUT2D eigenvalue weighted by Gasteiger charge is -2.23. The van der Waals surface area contributed by atoms with Crippen molar-refractivity contribution in [3.05, 3.63) is 59.7 Å². The Kier molecular flexibility index (Phi) is 7.43. The first-order valence-corrected chi connectivity index (χ1v) is 12.3. The van der Waals surface area contributed by atoms with Crippen LogP contribution in [-0.4, -0.2) is 42.8 Å². The molecule has 3 N–H and O–H groups in total. The van der Waals surface area contributed by atoms with Gasteiger partial charge in [0.25, 0.3) is 0 Å². The third kappa shape index (κ3) is 6.21. The summed E-state index contributed by atoms with van der Waals surface area (Å²) in [5.41, 5.74) is 4.59. The highest BCUT2D eigenvalue weighted by Gasteiger charge is 2.43. The molecule has 0 aliphatic heterocycles. The summed E-state index contributed by atoms with van der Waals surface area (Å²) in [4.78, 5) is 35.5. The molecule has 0 heterocycles. The molecule has 1 fully saturated rings. The van der Waals surface area contributed by atoms with Gasteiger partial charge in [0.1, 0.15) is 6.61 Å². The first-order valence-electron chi connectivity index (χ1n) is 12.3. The van der Waals surface area contributed by atoms with E-state index in [0.29, 0.717) is 19.5 Å². The molecule has 0 aromatic heterocycles. The Hall–Kier alpha value is -3.35. The topological polar surface area (TPSA) is 105 Å². The van der Waals surface area contributed by atoms with Gasteiger partial charge < -0.3 is 20.5 Å². The number of nitrogens with one attached hydrogen (secondary N) is 2. The highest BCUT2D eigenvalue weighted by Crippen LogP contribution is 2.44. The third-order valence-electron chi connectivity index (χ3n) is 7.23. The largest absolute Gasteiger partial charge is 0.481 e. The van der Waals surface area contributed by atoms with Crippen LogP contribution in [0.3, 0.4) is 0 Å². The average Bonchev–Trinajstić information content (AvgIpc) is 3.55. The van der Waals surface area contributed by atoms with Crippen LogP contribution in [0.15, 0.2) is 48.5 Å². The van der Waals surface area contributed by atoms with Gasteiger partial charge in [0.15, 0.2) is 0 Å². The zero-order valence-electron chi connectivity index (χ0n) is 20.4. The normalized spacial score (nSPS) is 18.3. The Morgan fingerprint density at radius 2 is 1.60 bits per heavy atom. The quantitative estimate of drug-likeness (QED) is 0.439. The smallest absolute Gasteiger partial charge is 0.407 e. The molecule has 186 valence electrons. The summed E-state index contributed by atoms with van der Waals surface area (Å²) in [5, 5.41) is 14.6. The lowest BCUT2D eigenvalue weighted by Crippen LogP contribution is -2.32. The van der Waals surface area contributed by atoms with Crippen LogP contribution in [0, 0.1) is 17.3 Å². The van der Waals surface area contributed by atoms with Gasteiger partial charge in [0, 0.05) is 31.3 Å². The molecule has 2 aromatic rings. The van der Waals surface area contributed by atoms with Crippen molar-refractivity contribution >= 4 is 18.0 Å². The molecule has 0 radical (unpaired) electrons. The number of carboxylic acid groups (broad SMARTS) is 1. The van der Waals surface area contributed by atoms with Gasteiger partial charge in [-0.3, -0.25) is 9.59 Å². The van der Waals surface area contributed by atoms with Crippen molar-refractivity contribution in [3.63, 3.8) is 0 Å². The van der Waals surface area contributed by atoms with Gasteiger partial charge in [-0.15, -0.1) is 0 Å². The lowest BCUT2D eigenvalue weighted by molar-refractivity contribution is -0.137. The third-order valence-corrected chi connectivity index (χ3v) is 7.23. The van der Waals surface area contributed by atoms with Gasteiger partial charge in [-0.2, -0.15) is 0 Å². The Bertz CT molecular complexity index is 1050. The molecule has 0 bridgehead atoms. The van der Waals surface area contributed by atoms with E-state index in [-0.39, 0.29) is 42.1 Å². The fourth-order valence-electron chi connectivity index (χ4n) is 4.88. The van der Waals surface area contributed by atoms with E-state index >= 15 is 0 Å². The maximum absolute atomic E-state index is 12.4. The Balaban J connectivity index is 1.16. The molecular weight excluding hydrogens is 444 g/mol. The first-order chi connectivity index (χ1) is 16.7. The minimum atomic E-state index is -0.799. The minimum Gasteiger partial charge on any atom is -0.481 e. The molecule has 7 nitrogen and oxygen atoms in total. The summed E-state index contributed by atoms with van der Waals surface area (Å²) >= 11 is 0. The van der Waals surface area contributed by atoms with Crippen molar-refractivity contribution in [2.24, 2.45) is 17.3 Å². The number of fused-ring (bicyclic) bond motifs is 3. The zero-order valence-corrected chi connectivity index (χ0v) is 20.4. The van der Waals surface area contributed by atoms with Crippen LogP contribution >= 0.6 is 0 Å². The maximum Gasteiger partial charge on any atom is 0.407 e. The molecule has 35 heavy (non-hydrogen) atoms. The van der Waals surface area contributed by atoms with Crippen molar-refractivity contribution in [3.8, 4) is 11.1 Å². The highest BCUT2D eigenvalue weighted by molar-refractivity contribution is 5.82. The van der Waals surface area contributed by atoms with Crippen molar-refractivity contribution in [1.82, 2.24) is 10.6 Å². The molecule has 0 saturated heterocycles. The van der Waals surface area contributed by atoms with Crippen LogP contribution in [0.5, 0.6) is 0 Å². The van der Waals surface area contributed by atoms with Crippen LogP contribution in [0.4, 0.5) is 4.79 Å². The maximum atomic E-state index is 12.4. The summed E-state index contributed by atoms with van der Waals surface area (Å²) < 4.78 is 5.56. The fourth-order valence-corrected chi connectivity index (χ4v) is 4.88. The predicted octanol–water partition coefficient (Wildman–Crippen LogP) is 4.56. The Morgan fingerprint density at radius 3 is 2.23 bits per heavy atom. The zero-order chi connectivity index (χ0) is 25.0. The summed E-state index contributed by atoms with van der Waals surface area (Å²) in [5.74, 6) is -0.751. The van der Waals surface area contributed by atoms with Gasteiger partial charge in [-0.25, -0.2) is 4.79 Å². The van der Waals surface area contributed by atoms with Crippen LogP contribution in [0.1, 0.15) is 56.6 Å². The molecule has 2 aliphatic rings. The molecule has 4 rings (SSSR count). The first kappa shape index (κ1) is 24.8. The molecule has 2 aliphatic carbocycles. The number of rotatable bonds is 11. The molecule has 2 atom stereocenters. The van der Waals surface area contributed by atoms with Crippen LogP contribution < -0.4 is 10.6 Å². The number of carbonyl (C=O) groups is 3. The number of alkyl carbamates (subject to hydrolysis) is 1. The van der Waals surface area contributed by atoms with Crippen LogP contribution in [0.25, 0.3) is 11.1 Å². The number of ether oxygens (including phenoxy) is 1. The second kappa shape index (κ2) is 10.5. The highest BCUT2D eigenvalue weighted by atomic mass is 16.5. The SMILES string of the molecule is CC(C)(CCNC(=O)[C@H]1C[C@H]1CNC(=O)OCC1c2ccccc2-c2ccccc21)CCC(=O)O. The van der Waals surface area contributed by atoms with E-state index in [1.165, 1.54) is 22.3 Å². The van der Waals surface area contributed by atoms with Crippen molar-refractivity contribution in [2.75, 3.05) is 19.7 Å². The van der Waals surface area contributed by atoms with Gasteiger partial charge >= 0.3 is 12.1 Å². The molecule has 2 amide bonds. The van der Waals surface area contributed by atoms with Gasteiger partial charge in [0.2, 0.25) is 5.91 Å². The van der Waals surface area contributed by atoms with Crippen molar-refractivity contribution < 1.29 is 24.2 Å². The second-order valence-electron chi connectivity index (χ2n) is 10.4. The molecule has 1 saturated carbocycles. The molecule has 0 spiro atoms. The number of hydrogen-bond acceptors (Lipinski definition) is 4. The standard InChI is InChI=1S/C28H34N2O5/c1-28(2,12-11-25(31)32)13-14-29-26(33)23-15-18(23)16-30-27(34)35-17-24-21-9-5-3-7-19(21)20-8-4-6-10-22(20)24/h3-10,18,23-24H,11-17H2,1-2H3,(H,29,33)(H,30,34)(H,31,32)/t18-,23-/m0/s1. The van der Waals surface area contributed by atoms with Gasteiger partial charge in [0.05, 0.1) is 0 Å². The van der Waals surface area contributed by atoms with E-state index in [2.05, 4.69) is 34.9 Å². The molecule has 7 heteroatoms. The predicted molar refractivity (Wildman–Crippen MR) is 133 cm³/mol. The molecule has 2 aromatic carbocycles. The molecular formula is C28H34N2O5. The summed E-state index contributed by atoms with van der Waals surface area (Å²) in [6.45, 7) is 5.24. The van der Waals surface area contributed by atoms with Crippen LogP contribution in [-0.2, 0) is 14.3 Å². The van der Waals surface area contributed by atoms with Crippen LogP contribution in [0.2, 0.25) is 0 Å². The van der Waals surface area contributed by atoms with E-state index in [1.807, 2.05) is 38.1 Å². The summed E-state index contributed by atoms with van der Waals surface area (Å²) in [6, 6.07) is 16.4. The second-order valence-corrected chi connectivity index (χ2v) is 10.4. The fraction of sp³-hybridized carbons (Fsp3) is 0.464. The monoisotopic (exact) mass is 478 g/mol. The minimum absolute atomic E-state index is 0.00151. The summed E-state index contributed by atoms with van der Waals surface area (Å²) in [7, 11) is 0. The summed E-state index contributed by atoms with van der Waals surface area (Å²) in [6.07, 6.45) is 1.72.